The molecule has 18 heavy (non-hydrogen) atoms. The van der Waals surface area contributed by atoms with E-state index in [0.29, 0.717) is 0 Å². The molecule has 0 atom stereocenters. The summed E-state index contributed by atoms with van der Waals surface area (Å²) in [6.45, 7) is 4.40. The van der Waals surface area contributed by atoms with Crippen molar-refractivity contribution in [2.45, 2.75) is 0 Å². The molecule has 0 N–H and O–H groups in total. The first kappa shape index (κ1) is 11.9. The van der Waals surface area contributed by atoms with Gasteiger partial charge in [-0.25, -0.2) is 4.98 Å². The summed E-state index contributed by atoms with van der Waals surface area (Å²) in [4.78, 5) is 9.35. The summed E-state index contributed by atoms with van der Waals surface area (Å²) in [5.41, 5.74) is 2.35. The van der Waals surface area contributed by atoms with Gasteiger partial charge in [0.15, 0.2) is 0 Å². The molecule has 0 amide bonds. The molecule has 1 aliphatic rings. The summed E-state index contributed by atoms with van der Waals surface area (Å²) >= 11 is 3.51. The zero-order chi connectivity index (χ0) is 12.5. The fraction of sp³-hybridized carbons (Fsp3) is 0.357. The third-order valence-corrected chi connectivity index (χ3v) is 3.91. The van der Waals surface area contributed by atoms with Crippen molar-refractivity contribution in [2.24, 2.45) is 0 Å². The van der Waals surface area contributed by atoms with E-state index in [1.165, 1.54) is 11.1 Å². The monoisotopic (exact) mass is 305 g/mol. The molecule has 1 aromatic heterocycles. The van der Waals surface area contributed by atoms with Gasteiger partial charge in [0.25, 0.3) is 0 Å². The molecule has 2 heterocycles. The van der Waals surface area contributed by atoms with Crippen LogP contribution >= 0.6 is 15.9 Å². The molecule has 3 nitrogen and oxygen atoms in total. The highest BCUT2D eigenvalue weighted by Gasteiger charge is 2.17. The molecule has 1 aliphatic heterocycles. The molecule has 3 rings (SSSR count). The van der Waals surface area contributed by atoms with E-state index in [4.69, 9.17) is 0 Å². The SMILES string of the molecule is CN1CCN(c2cc(Br)nc3ccccc23)CC1. The average molecular weight is 306 g/mol. The van der Waals surface area contributed by atoms with Crippen molar-refractivity contribution in [3.8, 4) is 0 Å². The van der Waals surface area contributed by atoms with Gasteiger partial charge in [0.1, 0.15) is 4.60 Å². The third kappa shape index (κ3) is 2.22. The molecule has 0 bridgehead atoms. The Hall–Kier alpha value is -1.13. The molecular formula is C14H16BrN3. The van der Waals surface area contributed by atoms with Crippen LogP contribution in [0.1, 0.15) is 0 Å². The minimum absolute atomic E-state index is 0.912. The van der Waals surface area contributed by atoms with Gasteiger partial charge in [0.05, 0.1) is 5.52 Å². The van der Waals surface area contributed by atoms with Crippen LogP contribution < -0.4 is 4.90 Å². The summed E-state index contributed by atoms with van der Waals surface area (Å²) in [6.07, 6.45) is 0. The quantitative estimate of drug-likeness (QED) is 0.755. The lowest BCUT2D eigenvalue weighted by Gasteiger charge is -2.34. The number of nitrogens with zero attached hydrogens (tertiary/aromatic N) is 3. The number of para-hydroxylation sites is 1. The van der Waals surface area contributed by atoms with Crippen LogP contribution in [0, 0.1) is 0 Å². The number of fused-ring (bicyclic) bond motifs is 1. The minimum atomic E-state index is 0.912. The van der Waals surface area contributed by atoms with E-state index in [-0.39, 0.29) is 0 Å². The third-order valence-electron chi connectivity index (χ3n) is 3.51. The van der Waals surface area contributed by atoms with Crippen LogP contribution in [0.15, 0.2) is 34.9 Å². The smallest absolute Gasteiger partial charge is 0.108 e. The standard InChI is InChI=1S/C14H16BrN3/c1-17-6-8-18(9-7-17)13-10-14(15)16-12-5-3-2-4-11(12)13/h2-5,10H,6-9H2,1H3. The van der Waals surface area contributed by atoms with Gasteiger partial charge >= 0.3 is 0 Å². The lowest BCUT2D eigenvalue weighted by atomic mass is 10.1. The van der Waals surface area contributed by atoms with E-state index >= 15 is 0 Å². The number of benzene rings is 1. The number of hydrogen-bond donors (Lipinski definition) is 0. The summed E-state index contributed by atoms with van der Waals surface area (Å²) in [6, 6.07) is 10.5. The molecule has 0 unspecified atom stereocenters. The Balaban J connectivity index is 2.05. The van der Waals surface area contributed by atoms with Crippen molar-refractivity contribution in [1.82, 2.24) is 9.88 Å². The summed E-state index contributed by atoms with van der Waals surface area (Å²) in [5.74, 6) is 0. The zero-order valence-electron chi connectivity index (χ0n) is 10.4. The predicted molar refractivity (Wildman–Crippen MR) is 79.2 cm³/mol. The normalized spacial score (nSPS) is 17.3. The van der Waals surface area contributed by atoms with Crippen molar-refractivity contribution in [3.05, 3.63) is 34.9 Å². The van der Waals surface area contributed by atoms with Gasteiger partial charge in [-0.2, -0.15) is 0 Å². The van der Waals surface area contributed by atoms with Crippen molar-refractivity contribution < 1.29 is 0 Å². The number of hydrogen-bond acceptors (Lipinski definition) is 3. The lowest BCUT2D eigenvalue weighted by Crippen LogP contribution is -2.44. The molecule has 1 fully saturated rings. The molecule has 0 spiro atoms. The van der Waals surface area contributed by atoms with Gasteiger partial charge in [0.2, 0.25) is 0 Å². The Morgan fingerprint density at radius 1 is 1.11 bits per heavy atom. The van der Waals surface area contributed by atoms with Crippen LogP contribution in [-0.4, -0.2) is 43.1 Å². The highest BCUT2D eigenvalue weighted by Crippen LogP contribution is 2.29. The van der Waals surface area contributed by atoms with E-state index in [0.717, 1.165) is 36.3 Å². The zero-order valence-corrected chi connectivity index (χ0v) is 12.0. The predicted octanol–water partition coefficient (Wildman–Crippen LogP) is 2.75. The molecule has 1 saturated heterocycles. The fourth-order valence-corrected chi connectivity index (χ4v) is 2.84. The fourth-order valence-electron chi connectivity index (χ4n) is 2.43. The minimum Gasteiger partial charge on any atom is -0.368 e. The summed E-state index contributed by atoms with van der Waals surface area (Å²) < 4.78 is 0.912. The molecule has 0 radical (unpaired) electrons. The average Bonchev–Trinajstić information content (AvgIpc) is 2.38. The Morgan fingerprint density at radius 3 is 2.61 bits per heavy atom. The first-order valence-electron chi connectivity index (χ1n) is 6.23. The Labute approximate surface area is 116 Å². The maximum Gasteiger partial charge on any atom is 0.108 e. The van der Waals surface area contributed by atoms with Crippen LogP contribution in [-0.2, 0) is 0 Å². The van der Waals surface area contributed by atoms with Gasteiger partial charge < -0.3 is 9.80 Å². The molecule has 2 aromatic rings. The van der Waals surface area contributed by atoms with Crippen LogP contribution in [0.25, 0.3) is 10.9 Å². The number of likely N-dealkylation sites (N-methyl/N-ethyl adjacent to an activating group) is 1. The highest BCUT2D eigenvalue weighted by atomic mass is 79.9. The Bertz CT molecular complexity index is 562. The largest absolute Gasteiger partial charge is 0.368 e. The summed E-state index contributed by atoms with van der Waals surface area (Å²) in [7, 11) is 2.18. The number of anilines is 1. The van der Waals surface area contributed by atoms with Crippen LogP contribution in [0.3, 0.4) is 0 Å². The lowest BCUT2D eigenvalue weighted by molar-refractivity contribution is 0.313. The van der Waals surface area contributed by atoms with Crippen molar-refractivity contribution in [3.63, 3.8) is 0 Å². The first-order chi connectivity index (χ1) is 8.74. The maximum atomic E-state index is 4.53. The van der Waals surface area contributed by atoms with Crippen molar-refractivity contribution in [1.29, 1.82) is 0 Å². The Kier molecular flexibility index (Phi) is 3.22. The molecule has 0 aliphatic carbocycles. The highest BCUT2D eigenvalue weighted by molar-refractivity contribution is 9.10. The second-order valence-electron chi connectivity index (χ2n) is 4.77. The van der Waals surface area contributed by atoms with Gasteiger partial charge in [-0.3, -0.25) is 0 Å². The number of aromatic nitrogens is 1. The maximum absolute atomic E-state index is 4.53. The number of pyridine rings is 1. The second-order valence-corrected chi connectivity index (χ2v) is 5.58. The van der Waals surface area contributed by atoms with Gasteiger partial charge in [-0.05, 0) is 35.1 Å². The number of piperazine rings is 1. The molecule has 1 aromatic carbocycles. The van der Waals surface area contributed by atoms with Gasteiger partial charge in [-0.15, -0.1) is 0 Å². The van der Waals surface area contributed by atoms with Crippen molar-refractivity contribution >= 4 is 32.5 Å². The van der Waals surface area contributed by atoms with Crippen LogP contribution in [0.5, 0.6) is 0 Å². The van der Waals surface area contributed by atoms with Crippen LogP contribution in [0.4, 0.5) is 5.69 Å². The van der Waals surface area contributed by atoms with E-state index in [1.807, 2.05) is 6.07 Å². The molecule has 0 saturated carbocycles. The first-order valence-corrected chi connectivity index (χ1v) is 7.02. The van der Waals surface area contributed by atoms with E-state index < -0.39 is 0 Å². The van der Waals surface area contributed by atoms with Crippen LogP contribution in [0.2, 0.25) is 0 Å². The molecule has 4 heteroatoms. The topological polar surface area (TPSA) is 19.4 Å². The second kappa shape index (κ2) is 4.86. The van der Waals surface area contributed by atoms with E-state index in [2.05, 4.69) is 62.0 Å². The molecule has 94 valence electrons. The molecular weight excluding hydrogens is 290 g/mol. The van der Waals surface area contributed by atoms with Gasteiger partial charge in [0, 0.05) is 37.3 Å². The van der Waals surface area contributed by atoms with E-state index in [9.17, 15) is 0 Å². The summed E-state index contributed by atoms with van der Waals surface area (Å²) in [5, 5.41) is 1.24. The van der Waals surface area contributed by atoms with Gasteiger partial charge in [-0.1, -0.05) is 18.2 Å². The Morgan fingerprint density at radius 2 is 1.83 bits per heavy atom. The van der Waals surface area contributed by atoms with Crippen molar-refractivity contribution in [2.75, 3.05) is 38.1 Å². The number of halogens is 1. The number of rotatable bonds is 1. The van der Waals surface area contributed by atoms with E-state index in [1.54, 1.807) is 0 Å².